The highest BCUT2D eigenvalue weighted by Gasteiger charge is 2.40. The molecule has 4 aromatic rings. The van der Waals surface area contributed by atoms with Gasteiger partial charge >= 0.3 is 17.9 Å². The third kappa shape index (κ3) is 7.74. The van der Waals surface area contributed by atoms with Gasteiger partial charge in [0.05, 0.1) is 52.9 Å². The average Bonchev–Trinajstić information content (AvgIpc) is 3.16. The zero-order valence-corrected chi connectivity index (χ0v) is 28.4. The van der Waals surface area contributed by atoms with Crippen molar-refractivity contribution in [3.8, 4) is 34.8 Å². The maximum atomic E-state index is 13.3. The Morgan fingerprint density at radius 3 is 1.98 bits per heavy atom. The summed E-state index contributed by atoms with van der Waals surface area (Å²) < 4.78 is 39.4. The summed E-state index contributed by atoms with van der Waals surface area (Å²) in [6.45, 7) is 2.45. The molecule has 0 radical (unpaired) electrons. The van der Waals surface area contributed by atoms with Crippen LogP contribution in [0.3, 0.4) is 0 Å². The first kappa shape index (κ1) is 35.5. The average molecular weight is 679 g/mol. The topological polar surface area (TPSA) is 116 Å². The van der Waals surface area contributed by atoms with Gasteiger partial charge in [0.1, 0.15) is 29.4 Å². The molecule has 0 fully saturated rings. The van der Waals surface area contributed by atoms with E-state index in [0.29, 0.717) is 46.6 Å². The molecule has 0 bridgehead atoms. The highest BCUT2D eigenvalue weighted by Crippen LogP contribution is 2.50. The van der Waals surface area contributed by atoms with E-state index in [1.165, 1.54) is 7.11 Å². The number of benzene rings is 4. The second-order valence-corrected chi connectivity index (χ2v) is 11.1. The largest absolute Gasteiger partial charge is 0.497 e. The normalized spacial score (nSPS) is 12.5. The molecule has 0 unspecified atom stereocenters. The van der Waals surface area contributed by atoms with E-state index in [1.54, 1.807) is 39.4 Å². The second-order valence-electron chi connectivity index (χ2n) is 11.1. The Morgan fingerprint density at radius 1 is 0.760 bits per heavy atom. The summed E-state index contributed by atoms with van der Waals surface area (Å²) in [5, 5.41) is 1.06. The number of rotatable bonds is 14. The number of hydrogen-bond donors (Lipinski definition) is 0. The van der Waals surface area contributed by atoms with Crippen LogP contribution in [0.1, 0.15) is 53.2 Å². The van der Waals surface area contributed by atoms with Crippen LogP contribution in [0.2, 0.25) is 0 Å². The Kier molecular flexibility index (Phi) is 11.8. The minimum atomic E-state index is -1.14. The van der Waals surface area contributed by atoms with Gasteiger partial charge in [-0.15, -0.1) is 11.8 Å². The number of carbonyl (C=O) groups is 3. The van der Waals surface area contributed by atoms with Crippen LogP contribution in [0.5, 0.6) is 23.0 Å². The van der Waals surface area contributed by atoms with Gasteiger partial charge in [0.2, 0.25) is 0 Å². The van der Waals surface area contributed by atoms with Crippen LogP contribution in [-0.2, 0) is 29.4 Å². The van der Waals surface area contributed by atoms with Crippen LogP contribution in [-0.4, -0.2) is 59.1 Å². The fourth-order valence-corrected chi connectivity index (χ4v) is 5.63. The van der Waals surface area contributed by atoms with Gasteiger partial charge in [-0.05, 0) is 43.3 Å². The summed E-state index contributed by atoms with van der Waals surface area (Å²) in [5.41, 5.74) is 0.867. The number of fused-ring (bicyclic) bond motifs is 3. The first-order chi connectivity index (χ1) is 24.3. The minimum Gasteiger partial charge on any atom is -0.497 e. The van der Waals surface area contributed by atoms with Crippen molar-refractivity contribution in [1.29, 1.82) is 0 Å². The molecule has 258 valence electrons. The lowest BCUT2D eigenvalue weighted by molar-refractivity contribution is -0.148. The van der Waals surface area contributed by atoms with Gasteiger partial charge in [-0.1, -0.05) is 48.5 Å². The molecule has 10 nitrogen and oxygen atoms in total. The van der Waals surface area contributed by atoms with Crippen LogP contribution in [0.4, 0.5) is 0 Å². The predicted octanol–water partition coefficient (Wildman–Crippen LogP) is 6.65. The lowest BCUT2D eigenvalue weighted by Crippen LogP contribution is -2.34. The Morgan fingerprint density at radius 2 is 1.38 bits per heavy atom. The summed E-state index contributed by atoms with van der Waals surface area (Å²) >= 11 is 0. The fourth-order valence-electron chi connectivity index (χ4n) is 5.63. The van der Waals surface area contributed by atoms with Gasteiger partial charge in [-0.3, -0.25) is 9.59 Å². The van der Waals surface area contributed by atoms with Crippen molar-refractivity contribution >= 4 is 34.8 Å². The Hall–Kier alpha value is -5.79. The van der Waals surface area contributed by atoms with Gasteiger partial charge in [0, 0.05) is 28.3 Å². The molecule has 50 heavy (non-hydrogen) atoms. The van der Waals surface area contributed by atoms with Crippen LogP contribution >= 0.6 is 0 Å². The summed E-state index contributed by atoms with van der Waals surface area (Å²) in [7, 11) is 4.45. The SMILES string of the molecule is CC#CCCOCCOC(=O)CCC(=O)Oc1c2c(c3ccccc3c1C(=O)OC)OC(c1ccc(OC)cc1)(c1ccc(OC)cc1)C=C2. The monoisotopic (exact) mass is 678 g/mol. The molecule has 0 atom stereocenters. The zero-order valence-electron chi connectivity index (χ0n) is 28.4. The van der Waals surface area contributed by atoms with E-state index in [1.807, 2.05) is 66.7 Å². The van der Waals surface area contributed by atoms with Crippen molar-refractivity contribution in [2.24, 2.45) is 0 Å². The van der Waals surface area contributed by atoms with Crippen molar-refractivity contribution in [3.05, 3.63) is 101 Å². The van der Waals surface area contributed by atoms with Crippen LogP contribution < -0.4 is 18.9 Å². The third-order valence-corrected chi connectivity index (χ3v) is 8.12. The quantitative estimate of drug-likeness (QED) is 0.0621. The number of ether oxygens (including phenoxy) is 7. The summed E-state index contributed by atoms with van der Waals surface area (Å²) in [6.07, 6.45) is 3.69. The lowest BCUT2D eigenvalue weighted by atomic mass is 9.82. The highest BCUT2D eigenvalue weighted by molar-refractivity contribution is 6.12. The maximum Gasteiger partial charge on any atom is 0.342 e. The molecule has 0 aliphatic carbocycles. The standard InChI is InChI=1S/C40H38O10/c1-5-6-9-24-47-25-26-48-34(41)20-21-35(42)49-38-33-22-23-40(27-12-16-29(44-2)17-13-27,28-14-18-30(45-3)19-15-28)50-37(33)32-11-8-7-10-31(32)36(38)39(43)46-4/h7-8,10-19,22-23H,9,20-21,24-26H2,1-4H3. The van der Waals surface area contributed by atoms with Crippen LogP contribution in [0, 0.1) is 11.8 Å². The van der Waals surface area contributed by atoms with Gasteiger partial charge in [-0.25, -0.2) is 4.79 Å². The lowest BCUT2D eigenvalue weighted by Gasteiger charge is -2.37. The van der Waals surface area contributed by atoms with Gasteiger partial charge in [0.15, 0.2) is 11.4 Å². The van der Waals surface area contributed by atoms with E-state index in [0.717, 1.165) is 11.1 Å². The van der Waals surface area contributed by atoms with E-state index in [2.05, 4.69) is 11.8 Å². The molecule has 5 rings (SSSR count). The summed E-state index contributed by atoms with van der Waals surface area (Å²) in [5.74, 6) is 5.34. The van der Waals surface area contributed by atoms with Gasteiger partial charge < -0.3 is 33.2 Å². The fraction of sp³-hybridized carbons (Fsp3) is 0.275. The van der Waals surface area contributed by atoms with E-state index >= 15 is 0 Å². The molecule has 0 spiro atoms. The Balaban J connectivity index is 1.50. The van der Waals surface area contributed by atoms with Gasteiger partial charge in [-0.2, -0.15) is 0 Å². The zero-order chi connectivity index (χ0) is 35.5. The van der Waals surface area contributed by atoms with Crippen molar-refractivity contribution in [2.45, 2.75) is 31.8 Å². The van der Waals surface area contributed by atoms with Crippen molar-refractivity contribution < 1.29 is 47.5 Å². The third-order valence-electron chi connectivity index (χ3n) is 8.12. The highest BCUT2D eigenvalue weighted by atomic mass is 16.6. The number of methoxy groups -OCH3 is 3. The molecule has 0 aromatic heterocycles. The van der Waals surface area contributed by atoms with E-state index < -0.39 is 23.5 Å². The number of carbonyl (C=O) groups excluding carboxylic acids is 3. The predicted molar refractivity (Wildman–Crippen MR) is 186 cm³/mol. The second kappa shape index (κ2) is 16.5. The Bertz CT molecular complexity index is 1880. The smallest absolute Gasteiger partial charge is 0.342 e. The molecule has 0 N–H and O–H groups in total. The summed E-state index contributed by atoms with van der Waals surface area (Å²) in [4.78, 5) is 38.9. The van der Waals surface area contributed by atoms with Crippen LogP contribution in [0.15, 0.2) is 78.9 Å². The molecule has 0 saturated heterocycles. The maximum absolute atomic E-state index is 13.3. The van der Waals surface area contributed by atoms with E-state index in [-0.39, 0.29) is 37.4 Å². The summed E-state index contributed by atoms with van der Waals surface area (Å²) in [6, 6.07) is 22.2. The molecule has 1 aliphatic heterocycles. The molecule has 0 amide bonds. The van der Waals surface area contributed by atoms with E-state index in [9.17, 15) is 14.4 Å². The van der Waals surface area contributed by atoms with Gasteiger partial charge in [0.25, 0.3) is 0 Å². The van der Waals surface area contributed by atoms with Crippen molar-refractivity contribution in [2.75, 3.05) is 41.2 Å². The van der Waals surface area contributed by atoms with E-state index in [4.69, 9.17) is 33.2 Å². The molecule has 10 heteroatoms. The minimum absolute atomic E-state index is 0.0400. The molecular weight excluding hydrogens is 640 g/mol. The van der Waals surface area contributed by atoms with Crippen molar-refractivity contribution in [3.63, 3.8) is 0 Å². The first-order valence-corrected chi connectivity index (χ1v) is 16.0. The molecular formula is C40H38O10. The van der Waals surface area contributed by atoms with Crippen molar-refractivity contribution in [1.82, 2.24) is 0 Å². The molecule has 4 aromatic carbocycles. The number of hydrogen-bond acceptors (Lipinski definition) is 10. The molecule has 1 heterocycles. The number of esters is 3. The molecule has 1 aliphatic rings. The molecule has 0 saturated carbocycles. The first-order valence-electron chi connectivity index (χ1n) is 16.0. The van der Waals surface area contributed by atoms with Crippen LogP contribution in [0.25, 0.3) is 16.8 Å². The Labute approximate surface area is 290 Å².